The van der Waals surface area contributed by atoms with Gasteiger partial charge in [-0.15, -0.1) is 11.3 Å². The summed E-state index contributed by atoms with van der Waals surface area (Å²) in [5, 5.41) is 27.9. The average Bonchev–Trinajstić information content (AvgIpc) is 3.53. The molecule has 4 N–H and O–H groups in total. The number of ether oxygens (including phenoxy) is 1. The quantitative estimate of drug-likeness (QED) is 0.145. The van der Waals surface area contributed by atoms with Crippen molar-refractivity contribution in [1.82, 2.24) is 20.5 Å². The summed E-state index contributed by atoms with van der Waals surface area (Å²) in [6.45, 7) is 12.1. The third kappa shape index (κ3) is 11.7. The Kier molecular flexibility index (Phi) is 16.8. The number of nitrogens with zero attached hydrogens (tertiary/aromatic N) is 2. The van der Waals surface area contributed by atoms with E-state index in [1.807, 2.05) is 71.9 Å². The van der Waals surface area contributed by atoms with E-state index in [4.69, 9.17) is 4.74 Å². The highest BCUT2D eigenvalue weighted by molar-refractivity contribution is 7.09. The summed E-state index contributed by atoms with van der Waals surface area (Å²) < 4.78 is 5.86. The molecule has 0 aliphatic heterocycles. The summed E-state index contributed by atoms with van der Waals surface area (Å²) >= 11 is 1.26. The summed E-state index contributed by atoms with van der Waals surface area (Å²) in [5.41, 5.74) is 0.966. The van der Waals surface area contributed by atoms with Crippen LogP contribution in [-0.4, -0.2) is 89.1 Å². The molecule has 1 heterocycles. The molecule has 0 saturated heterocycles. The number of amides is 2. The number of benzene rings is 1. The van der Waals surface area contributed by atoms with Crippen LogP contribution in [-0.2, 0) is 25.5 Å². The highest BCUT2D eigenvalue weighted by Gasteiger charge is 2.36. The molecule has 0 aliphatic rings. The van der Waals surface area contributed by atoms with Crippen LogP contribution in [0.5, 0.6) is 0 Å². The number of aliphatic hydroxyl groups excluding tert-OH is 1. The van der Waals surface area contributed by atoms with E-state index in [0.717, 1.165) is 12.0 Å². The Morgan fingerprint density at radius 1 is 1.02 bits per heavy atom. The van der Waals surface area contributed by atoms with Gasteiger partial charge >= 0.3 is 5.97 Å². The smallest absolute Gasteiger partial charge is 0.306 e. The number of Topliss-reactive ketones (excluding diaryl/α,β-unsaturated/α-hetero) is 1. The van der Waals surface area contributed by atoms with E-state index >= 15 is 0 Å². The first-order chi connectivity index (χ1) is 22.6. The largest absolute Gasteiger partial charge is 0.481 e. The minimum absolute atomic E-state index is 0.0133. The van der Waals surface area contributed by atoms with E-state index in [1.54, 1.807) is 31.5 Å². The van der Waals surface area contributed by atoms with Gasteiger partial charge in [-0.1, -0.05) is 78.3 Å². The van der Waals surface area contributed by atoms with Crippen LogP contribution in [0, 0.1) is 23.7 Å². The van der Waals surface area contributed by atoms with Gasteiger partial charge in [0.15, 0.2) is 5.78 Å². The summed E-state index contributed by atoms with van der Waals surface area (Å²) in [7, 11) is 5.12. The van der Waals surface area contributed by atoms with Crippen molar-refractivity contribution in [3.8, 4) is 0 Å². The molecular formula is C36H56N4O7S. The van der Waals surface area contributed by atoms with Gasteiger partial charge in [0.25, 0.3) is 5.91 Å². The van der Waals surface area contributed by atoms with E-state index < -0.39 is 42.5 Å². The first-order valence-electron chi connectivity index (χ1n) is 16.8. The number of aromatic nitrogens is 1. The monoisotopic (exact) mass is 688 g/mol. The molecule has 0 bridgehead atoms. The van der Waals surface area contributed by atoms with Crippen molar-refractivity contribution in [3.63, 3.8) is 0 Å². The predicted octanol–water partition coefficient (Wildman–Crippen LogP) is 4.75. The lowest BCUT2D eigenvalue weighted by molar-refractivity contribution is -0.142. The van der Waals surface area contributed by atoms with Crippen LogP contribution in [0.1, 0.15) is 94.4 Å². The van der Waals surface area contributed by atoms with Gasteiger partial charge in [0.05, 0.1) is 24.6 Å². The van der Waals surface area contributed by atoms with Gasteiger partial charge in [-0.2, -0.15) is 0 Å². The van der Waals surface area contributed by atoms with Gasteiger partial charge in [0.1, 0.15) is 16.8 Å². The first-order valence-corrected chi connectivity index (χ1v) is 17.7. The minimum Gasteiger partial charge on any atom is -0.481 e. The Bertz CT molecular complexity index is 1320. The molecule has 0 fully saturated rings. The van der Waals surface area contributed by atoms with Gasteiger partial charge in [-0.3, -0.25) is 19.2 Å². The second kappa shape index (κ2) is 19.7. The third-order valence-corrected chi connectivity index (χ3v) is 10.2. The van der Waals surface area contributed by atoms with Crippen molar-refractivity contribution >= 4 is 34.9 Å². The molecule has 0 radical (unpaired) electrons. The van der Waals surface area contributed by atoms with E-state index in [-0.39, 0.29) is 60.1 Å². The number of hydrogen-bond acceptors (Lipinski definition) is 9. The molecule has 48 heavy (non-hydrogen) atoms. The zero-order chi connectivity index (χ0) is 36.1. The fourth-order valence-electron chi connectivity index (χ4n) is 6.10. The lowest BCUT2D eigenvalue weighted by atomic mass is 9.82. The normalized spacial score (nSPS) is 16.1. The number of rotatable bonds is 21. The first kappa shape index (κ1) is 41.0. The number of methoxy groups -OCH3 is 1. The lowest BCUT2D eigenvalue weighted by Crippen LogP contribution is -2.47. The number of aliphatic hydroxyl groups is 1. The maximum atomic E-state index is 14.1. The van der Waals surface area contributed by atoms with Gasteiger partial charge in [0, 0.05) is 44.3 Å². The third-order valence-electron chi connectivity index (χ3n) is 9.24. The van der Waals surface area contributed by atoms with Crippen LogP contribution >= 0.6 is 11.3 Å². The second-order valence-electron chi connectivity index (χ2n) is 13.4. The number of thiazole rings is 1. The number of carboxylic acids is 1. The molecule has 1 aromatic heterocycles. The van der Waals surface area contributed by atoms with Gasteiger partial charge in [-0.25, -0.2) is 4.98 Å². The molecule has 0 spiro atoms. The molecule has 2 amide bonds. The number of ketones is 1. The van der Waals surface area contributed by atoms with Crippen molar-refractivity contribution in [2.45, 2.75) is 104 Å². The highest BCUT2D eigenvalue weighted by atomic mass is 32.1. The molecule has 0 saturated carbocycles. The number of carbonyl (C=O) groups is 4. The standard InChI is InChI=1S/C36H56N4O7S/c1-10-23(6)25(17-30(42)33(37-7)22(4)5)36(46)40(8)28(21(2)3)18-31(47-9)35-39-27(20-48-35)34(45)38-26(29(41)19-32(43)44)16-24-14-12-11-13-15-24/h11-15,20-23,25-26,28-29,31,33,37,41H,10,16-19H2,1-9H3,(H,38,45)(H,43,44)/t23?,25-,26-,28+,29?,31?,33-/m0/s1. The van der Waals surface area contributed by atoms with Gasteiger partial charge in [0.2, 0.25) is 5.91 Å². The fourth-order valence-corrected chi connectivity index (χ4v) is 6.99. The second-order valence-corrected chi connectivity index (χ2v) is 14.3. The van der Waals surface area contributed by atoms with E-state index in [1.165, 1.54) is 11.3 Å². The van der Waals surface area contributed by atoms with Crippen LogP contribution < -0.4 is 10.6 Å². The predicted molar refractivity (Wildman–Crippen MR) is 188 cm³/mol. The summed E-state index contributed by atoms with van der Waals surface area (Å²) in [5.74, 6) is -2.03. The summed E-state index contributed by atoms with van der Waals surface area (Å²) in [6, 6.07) is 7.80. The molecule has 0 aliphatic carbocycles. The van der Waals surface area contributed by atoms with Crippen molar-refractivity contribution in [3.05, 3.63) is 52.0 Å². The van der Waals surface area contributed by atoms with Crippen LogP contribution in [0.3, 0.4) is 0 Å². The Morgan fingerprint density at radius 2 is 1.67 bits per heavy atom. The molecule has 11 nitrogen and oxygen atoms in total. The highest BCUT2D eigenvalue weighted by Crippen LogP contribution is 2.32. The SMILES string of the molecule is CCC(C)[C@H](CC(=O)[C@@H](NC)C(C)C)C(=O)N(C)[C@H](CC(OC)c1nc(C(=O)N[C@@H](Cc2ccccc2)C(O)CC(=O)O)cs1)C(C)C. The van der Waals surface area contributed by atoms with Gasteiger partial charge in [-0.05, 0) is 36.8 Å². The topological polar surface area (TPSA) is 158 Å². The summed E-state index contributed by atoms with van der Waals surface area (Å²) in [6.07, 6.45) is -0.751. The number of likely N-dealkylation sites (N-methyl/N-ethyl adjacent to an activating group) is 1. The maximum absolute atomic E-state index is 14.1. The molecular weight excluding hydrogens is 632 g/mol. The lowest BCUT2D eigenvalue weighted by Gasteiger charge is -2.37. The maximum Gasteiger partial charge on any atom is 0.306 e. The van der Waals surface area contributed by atoms with Crippen LogP contribution in [0.4, 0.5) is 0 Å². The Balaban J connectivity index is 2.25. The fraction of sp³-hybridized carbons (Fsp3) is 0.639. The molecule has 2 aromatic rings. The van der Waals surface area contributed by atoms with Crippen molar-refractivity contribution in [1.29, 1.82) is 0 Å². The number of aliphatic carboxylic acids is 1. The van der Waals surface area contributed by atoms with Crippen LogP contribution in [0.2, 0.25) is 0 Å². The molecule has 1 aromatic carbocycles. The van der Waals surface area contributed by atoms with Crippen molar-refractivity contribution < 1.29 is 34.1 Å². The molecule has 2 rings (SSSR count). The number of carboxylic acid groups (broad SMARTS) is 1. The Morgan fingerprint density at radius 3 is 2.19 bits per heavy atom. The van der Waals surface area contributed by atoms with Crippen LogP contribution in [0.25, 0.3) is 0 Å². The molecule has 3 unspecified atom stereocenters. The molecule has 7 atom stereocenters. The van der Waals surface area contributed by atoms with E-state index in [0.29, 0.717) is 11.4 Å². The minimum atomic E-state index is -1.31. The average molecular weight is 689 g/mol. The zero-order valence-electron chi connectivity index (χ0n) is 29.9. The van der Waals surface area contributed by atoms with E-state index in [2.05, 4.69) is 15.6 Å². The van der Waals surface area contributed by atoms with E-state index in [9.17, 15) is 29.4 Å². The summed E-state index contributed by atoms with van der Waals surface area (Å²) in [4.78, 5) is 58.2. The Labute approximate surface area is 289 Å². The molecule has 268 valence electrons. The molecule has 12 heteroatoms. The van der Waals surface area contributed by atoms with Crippen molar-refractivity contribution in [2.75, 3.05) is 21.2 Å². The van der Waals surface area contributed by atoms with Gasteiger partial charge < -0.3 is 30.5 Å². The number of hydrogen-bond donors (Lipinski definition) is 4. The number of carbonyl (C=O) groups excluding carboxylic acids is 3. The van der Waals surface area contributed by atoms with Crippen molar-refractivity contribution in [2.24, 2.45) is 23.7 Å². The number of nitrogens with one attached hydrogen (secondary N) is 2. The van der Waals surface area contributed by atoms with Crippen LogP contribution in [0.15, 0.2) is 35.7 Å². The Hall–Kier alpha value is -3.19. The zero-order valence-corrected chi connectivity index (χ0v) is 30.8.